The van der Waals surface area contributed by atoms with E-state index in [0.29, 0.717) is 26.2 Å². The highest BCUT2D eigenvalue weighted by Crippen LogP contribution is 2.09. The predicted octanol–water partition coefficient (Wildman–Crippen LogP) is 0.980. The summed E-state index contributed by atoms with van der Waals surface area (Å²) < 4.78 is 17.8. The molecule has 5 nitrogen and oxygen atoms in total. The van der Waals surface area contributed by atoms with Crippen LogP contribution in [0.1, 0.15) is 17.4 Å². The number of rotatable bonds is 9. The van der Waals surface area contributed by atoms with Gasteiger partial charge in [0.05, 0.1) is 19.4 Å². The average molecular weight is 284 g/mol. The lowest BCUT2D eigenvalue weighted by atomic mass is 10.0. The Balaban J connectivity index is 2.60. The largest absolute Gasteiger partial charge is 0.395 e. The Morgan fingerprint density at radius 3 is 2.80 bits per heavy atom. The normalized spacial score (nSPS) is 12.7. The van der Waals surface area contributed by atoms with Gasteiger partial charge in [-0.25, -0.2) is 4.39 Å². The third-order valence-electron chi connectivity index (χ3n) is 2.99. The first-order valence-electron chi connectivity index (χ1n) is 6.56. The first kappa shape index (κ1) is 16.7. The van der Waals surface area contributed by atoms with Gasteiger partial charge in [0.2, 0.25) is 0 Å². The molecule has 0 amide bonds. The van der Waals surface area contributed by atoms with Gasteiger partial charge in [0.15, 0.2) is 5.78 Å². The van der Waals surface area contributed by atoms with E-state index in [1.807, 2.05) is 4.90 Å². The van der Waals surface area contributed by atoms with Crippen molar-refractivity contribution in [3.05, 3.63) is 29.8 Å². The van der Waals surface area contributed by atoms with Gasteiger partial charge in [-0.3, -0.25) is 14.7 Å². The van der Waals surface area contributed by atoms with E-state index in [1.165, 1.54) is 12.1 Å². The number of methoxy groups -OCH3 is 1. The summed E-state index contributed by atoms with van der Waals surface area (Å²) in [7, 11) is 1.61. The van der Waals surface area contributed by atoms with Gasteiger partial charge in [0.25, 0.3) is 0 Å². The van der Waals surface area contributed by atoms with E-state index < -0.39 is 5.82 Å². The van der Waals surface area contributed by atoms with Gasteiger partial charge in [-0.05, 0) is 12.1 Å². The zero-order valence-electron chi connectivity index (χ0n) is 11.9. The number of halogens is 1. The van der Waals surface area contributed by atoms with Crippen LogP contribution < -0.4 is 0 Å². The minimum absolute atomic E-state index is 0.0272. The molecule has 112 valence electrons. The van der Waals surface area contributed by atoms with Gasteiger partial charge in [0.1, 0.15) is 11.5 Å². The van der Waals surface area contributed by atoms with E-state index in [9.17, 15) is 9.18 Å². The van der Waals surface area contributed by atoms with Crippen LogP contribution >= 0.6 is 0 Å². The molecule has 0 aliphatic heterocycles. The highest BCUT2D eigenvalue weighted by molar-refractivity contribution is 5.95. The maximum Gasteiger partial charge on any atom is 0.185 e. The highest BCUT2D eigenvalue weighted by Gasteiger charge is 2.19. The molecule has 1 atom stereocenters. The number of hydrogen-bond donors (Lipinski definition) is 1. The molecule has 20 heavy (non-hydrogen) atoms. The second-order valence-corrected chi connectivity index (χ2v) is 4.64. The zero-order valence-corrected chi connectivity index (χ0v) is 11.9. The third kappa shape index (κ3) is 5.32. The van der Waals surface area contributed by atoms with Crippen LogP contribution in [0.5, 0.6) is 0 Å². The molecular weight excluding hydrogens is 263 g/mol. The minimum atomic E-state index is -0.462. The van der Waals surface area contributed by atoms with Crippen LogP contribution in [0.15, 0.2) is 18.3 Å². The van der Waals surface area contributed by atoms with Crippen LogP contribution in [0, 0.1) is 11.7 Å². The summed E-state index contributed by atoms with van der Waals surface area (Å²) in [6.07, 6.45) is 1.04. The minimum Gasteiger partial charge on any atom is -0.395 e. The van der Waals surface area contributed by atoms with Crippen molar-refractivity contribution in [3.8, 4) is 0 Å². The van der Waals surface area contributed by atoms with Crippen LogP contribution in [0.25, 0.3) is 0 Å². The Morgan fingerprint density at radius 2 is 2.25 bits per heavy atom. The Bertz CT molecular complexity index is 411. The fourth-order valence-corrected chi connectivity index (χ4v) is 1.90. The fourth-order valence-electron chi connectivity index (χ4n) is 1.90. The van der Waals surface area contributed by atoms with E-state index in [2.05, 4.69) is 4.98 Å². The van der Waals surface area contributed by atoms with E-state index in [4.69, 9.17) is 9.84 Å². The maximum absolute atomic E-state index is 12.8. The van der Waals surface area contributed by atoms with Gasteiger partial charge < -0.3 is 9.84 Å². The van der Waals surface area contributed by atoms with Crippen molar-refractivity contribution in [2.45, 2.75) is 6.92 Å². The van der Waals surface area contributed by atoms with Crippen molar-refractivity contribution in [1.29, 1.82) is 0 Å². The van der Waals surface area contributed by atoms with Gasteiger partial charge in [0, 0.05) is 32.7 Å². The Kier molecular flexibility index (Phi) is 7.28. The molecule has 0 spiro atoms. The molecule has 0 saturated carbocycles. The Labute approximate surface area is 118 Å². The number of pyridine rings is 1. The summed E-state index contributed by atoms with van der Waals surface area (Å²) in [5, 5.41) is 9.01. The zero-order chi connectivity index (χ0) is 15.0. The first-order chi connectivity index (χ1) is 9.58. The number of hydrogen-bond acceptors (Lipinski definition) is 5. The summed E-state index contributed by atoms with van der Waals surface area (Å²) in [5.41, 5.74) is 0.259. The molecule has 0 aliphatic carbocycles. The third-order valence-corrected chi connectivity index (χ3v) is 2.99. The van der Waals surface area contributed by atoms with Crippen molar-refractivity contribution in [3.63, 3.8) is 0 Å². The predicted molar refractivity (Wildman–Crippen MR) is 73.1 cm³/mol. The Morgan fingerprint density at radius 1 is 1.50 bits per heavy atom. The highest BCUT2D eigenvalue weighted by atomic mass is 19.1. The Hall–Kier alpha value is -1.37. The van der Waals surface area contributed by atoms with Gasteiger partial charge in [-0.2, -0.15) is 0 Å². The summed E-state index contributed by atoms with van der Waals surface area (Å²) in [6, 6.07) is 2.61. The number of Topliss-reactive ketones (excluding diaryl/α,β-unsaturated/α-hetero) is 1. The smallest absolute Gasteiger partial charge is 0.185 e. The van der Waals surface area contributed by atoms with Crippen molar-refractivity contribution < 1.29 is 19.0 Å². The fraction of sp³-hybridized carbons (Fsp3) is 0.571. The molecule has 0 saturated heterocycles. The molecule has 1 N–H and O–H groups in total. The maximum atomic E-state index is 12.8. The molecule has 0 bridgehead atoms. The van der Waals surface area contributed by atoms with Crippen LogP contribution in [0.3, 0.4) is 0 Å². The molecule has 1 aromatic heterocycles. The second kappa shape index (κ2) is 8.73. The monoisotopic (exact) mass is 284 g/mol. The number of ether oxygens (including phenoxy) is 1. The molecule has 1 rings (SSSR count). The topological polar surface area (TPSA) is 62.7 Å². The van der Waals surface area contributed by atoms with E-state index >= 15 is 0 Å². The summed E-state index contributed by atoms with van der Waals surface area (Å²) in [6.45, 7) is 3.99. The molecule has 1 unspecified atom stereocenters. The van der Waals surface area contributed by atoms with Crippen LogP contribution in [-0.2, 0) is 4.74 Å². The molecule has 0 radical (unpaired) electrons. The molecule has 6 heteroatoms. The van der Waals surface area contributed by atoms with Crippen LogP contribution in [0.2, 0.25) is 0 Å². The molecule has 1 aromatic rings. The van der Waals surface area contributed by atoms with Crippen molar-refractivity contribution in [2.75, 3.05) is 40.0 Å². The lowest BCUT2D eigenvalue weighted by Gasteiger charge is -2.23. The molecule has 1 heterocycles. The average Bonchev–Trinajstić information content (AvgIpc) is 2.45. The van der Waals surface area contributed by atoms with E-state index in [0.717, 1.165) is 6.20 Å². The number of carbonyl (C=O) groups excluding carboxylic acids is 1. The van der Waals surface area contributed by atoms with E-state index in [-0.39, 0.29) is 24.0 Å². The first-order valence-corrected chi connectivity index (χ1v) is 6.56. The lowest BCUT2D eigenvalue weighted by Crippen LogP contribution is -2.36. The van der Waals surface area contributed by atoms with Crippen molar-refractivity contribution in [1.82, 2.24) is 9.88 Å². The van der Waals surface area contributed by atoms with Crippen LogP contribution in [0.4, 0.5) is 4.39 Å². The van der Waals surface area contributed by atoms with Gasteiger partial charge in [-0.1, -0.05) is 6.92 Å². The molecule has 0 aromatic carbocycles. The molecular formula is C14H21FN2O3. The van der Waals surface area contributed by atoms with E-state index in [1.54, 1.807) is 14.0 Å². The molecule has 0 aliphatic rings. The number of carbonyl (C=O) groups is 1. The quantitative estimate of drug-likeness (QED) is 0.685. The summed E-state index contributed by atoms with van der Waals surface area (Å²) >= 11 is 0. The number of nitrogens with zero attached hydrogens (tertiary/aromatic N) is 2. The van der Waals surface area contributed by atoms with Crippen LogP contribution in [-0.4, -0.2) is 60.7 Å². The van der Waals surface area contributed by atoms with Crippen molar-refractivity contribution in [2.24, 2.45) is 5.92 Å². The SMILES string of the molecule is COCCN(CCO)CC(C)C(=O)c1ccc(F)cn1. The summed E-state index contributed by atoms with van der Waals surface area (Å²) in [4.78, 5) is 17.9. The standard InChI is InChI=1S/C14H21FN2O3/c1-11(10-17(5-7-18)6-8-20-2)14(19)13-4-3-12(15)9-16-13/h3-4,9,11,18H,5-8,10H2,1-2H3. The number of aliphatic hydroxyl groups is 1. The van der Waals surface area contributed by atoms with Gasteiger partial charge in [-0.15, -0.1) is 0 Å². The number of aliphatic hydroxyl groups excluding tert-OH is 1. The number of aromatic nitrogens is 1. The van der Waals surface area contributed by atoms with Crippen molar-refractivity contribution >= 4 is 5.78 Å². The molecule has 0 fully saturated rings. The number of ketones is 1. The van der Waals surface area contributed by atoms with Gasteiger partial charge >= 0.3 is 0 Å². The summed E-state index contributed by atoms with van der Waals surface area (Å²) in [5.74, 6) is -0.877. The second-order valence-electron chi connectivity index (χ2n) is 4.64. The lowest BCUT2D eigenvalue weighted by molar-refractivity contribution is 0.0839.